The molecule has 2 N–H and O–H groups in total. The third-order valence-corrected chi connectivity index (χ3v) is 4.51. The third-order valence-electron chi connectivity index (χ3n) is 4.51. The van der Waals surface area contributed by atoms with Crippen molar-refractivity contribution in [2.24, 2.45) is 0 Å². The number of ether oxygens (including phenoxy) is 1. The summed E-state index contributed by atoms with van der Waals surface area (Å²) < 4.78 is 5.54. The smallest absolute Gasteiger partial charge is 0.325 e. The van der Waals surface area contributed by atoms with Crippen LogP contribution in [0.25, 0.3) is 0 Å². The maximum Gasteiger partial charge on any atom is 0.325 e. The van der Waals surface area contributed by atoms with E-state index in [9.17, 15) is 14.4 Å². The highest BCUT2D eigenvalue weighted by atomic mass is 16.5. The summed E-state index contributed by atoms with van der Waals surface area (Å²) in [6.45, 7) is 3.59. The molecule has 0 aromatic heterocycles. The molecule has 7 heteroatoms. The molecule has 4 amide bonds. The number of carbonyl (C=O) groups is 3. The zero-order valence-corrected chi connectivity index (χ0v) is 14.5. The fourth-order valence-corrected chi connectivity index (χ4v) is 3.37. The highest BCUT2D eigenvalue weighted by molar-refractivity contribution is 6.10. The number of amides is 4. The lowest BCUT2D eigenvalue weighted by Crippen LogP contribution is -2.44. The van der Waals surface area contributed by atoms with E-state index in [-0.39, 0.29) is 18.6 Å². The van der Waals surface area contributed by atoms with Gasteiger partial charge >= 0.3 is 6.03 Å². The van der Waals surface area contributed by atoms with Crippen LogP contribution in [0.1, 0.15) is 39.5 Å². The molecular formula is C18H23N3O4. The van der Waals surface area contributed by atoms with Crippen LogP contribution in [-0.4, -0.2) is 40.9 Å². The number of hydrogen-bond donors (Lipinski definition) is 2. The van der Waals surface area contributed by atoms with E-state index in [0.717, 1.165) is 17.7 Å². The van der Waals surface area contributed by atoms with Gasteiger partial charge < -0.3 is 15.4 Å². The first-order valence-electron chi connectivity index (χ1n) is 8.60. The highest BCUT2D eigenvalue weighted by Crippen LogP contribution is 2.34. The molecule has 134 valence electrons. The van der Waals surface area contributed by atoms with Gasteiger partial charge in [0.15, 0.2) is 0 Å². The van der Waals surface area contributed by atoms with E-state index in [1.165, 1.54) is 0 Å². The molecule has 1 aromatic carbocycles. The second kappa shape index (κ2) is 6.74. The molecule has 1 aliphatic carbocycles. The van der Waals surface area contributed by atoms with Crippen molar-refractivity contribution >= 4 is 23.5 Å². The van der Waals surface area contributed by atoms with Gasteiger partial charge in [0.1, 0.15) is 17.8 Å². The van der Waals surface area contributed by atoms with Gasteiger partial charge in [0.25, 0.3) is 5.91 Å². The van der Waals surface area contributed by atoms with Crippen molar-refractivity contribution < 1.29 is 19.1 Å². The number of nitrogens with one attached hydrogen (secondary N) is 2. The maximum atomic E-state index is 12.5. The Morgan fingerprint density at radius 1 is 1.24 bits per heavy atom. The number of carbonyl (C=O) groups excluding carboxylic acids is 3. The van der Waals surface area contributed by atoms with Crippen molar-refractivity contribution in [3.8, 4) is 5.75 Å². The second-order valence-corrected chi connectivity index (χ2v) is 6.85. The van der Waals surface area contributed by atoms with Gasteiger partial charge in [-0.15, -0.1) is 0 Å². The zero-order valence-electron chi connectivity index (χ0n) is 14.5. The Kier molecular flexibility index (Phi) is 4.65. The number of anilines is 1. The maximum absolute atomic E-state index is 12.5. The van der Waals surface area contributed by atoms with Crippen molar-refractivity contribution in [3.05, 3.63) is 24.3 Å². The molecule has 0 radical (unpaired) electrons. The number of imide groups is 1. The second-order valence-electron chi connectivity index (χ2n) is 6.85. The van der Waals surface area contributed by atoms with Crippen LogP contribution in [0.15, 0.2) is 24.3 Å². The minimum absolute atomic E-state index is 0.0723. The number of benzene rings is 1. The predicted octanol–water partition coefficient (Wildman–Crippen LogP) is 2.28. The summed E-state index contributed by atoms with van der Waals surface area (Å²) in [6.07, 6.45) is 3.19. The lowest BCUT2D eigenvalue weighted by molar-refractivity contribution is -0.133. The Labute approximate surface area is 146 Å². The topological polar surface area (TPSA) is 87.7 Å². The molecule has 2 fully saturated rings. The number of hydrogen-bond acceptors (Lipinski definition) is 4. The van der Waals surface area contributed by atoms with Crippen LogP contribution in [0.4, 0.5) is 10.5 Å². The van der Waals surface area contributed by atoms with Crippen molar-refractivity contribution in [2.75, 3.05) is 11.9 Å². The summed E-state index contributed by atoms with van der Waals surface area (Å²) in [7, 11) is 0. The Morgan fingerprint density at radius 3 is 2.48 bits per heavy atom. The third kappa shape index (κ3) is 3.60. The van der Waals surface area contributed by atoms with Gasteiger partial charge in [-0.2, -0.15) is 0 Å². The molecule has 1 saturated carbocycles. The summed E-state index contributed by atoms with van der Waals surface area (Å²) >= 11 is 0. The van der Waals surface area contributed by atoms with Crippen LogP contribution in [-0.2, 0) is 9.59 Å². The summed E-state index contributed by atoms with van der Waals surface area (Å²) in [5, 5.41) is 5.47. The van der Waals surface area contributed by atoms with E-state index < -0.39 is 17.5 Å². The van der Waals surface area contributed by atoms with Gasteiger partial charge in [0.2, 0.25) is 5.91 Å². The molecule has 1 heterocycles. The van der Waals surface area contributed by atoms with E-state index in [0.29, 0.717) is 24.3 Å². The average Bonchev–Trinajstić information content (AvgIpc) is 3.10. The van der Waals surface area contributed by atoms with Crippen molar-refractivity contribution in [1.82, 2.24) is 10.2 Å². The molecule has 0 bridgehead atoms. The average molecular weight is 345 g/mol. The van der Waals surface area contributed by atoms with Crippen LogP contribution in [0, 0.1) is 0 Å². The van der Waals surface area contributed by atoms with Crippen LogP contribution in [0.5, 0.6) is 5.75 Å². The zero-order chi connectivity index (χ0) is 18.0. The van der Waals surface area contributed by atoms with Gasteiger partial charge in [-0.25, -0.2) is 4.79 Å². The molecule has 1 spiro atoms. The monoisotopic (exact) mass is 345 g/mol. The van der Waals surface area contributed by atoms with E-state index in [1.54, 1.807) is 24.3 Å². The molecule has 25 heavy (non-hydrogen) atoms. The first-order chi connectivity index (χ1) is 11.9. The lowest BCUT2D eigenvalue weighted by atomic mass is 9.98. The van der Waals surface area contributed by atoms with Crippen molar-refractivity contribution in [3.63, 3.8) is 0 Å². The molecule has 0 atom stereocenters. The summed E-state index contributed by atoms with van der Waals surface area (Å²) in [5.74, 6) is 0.0205. The largest absolute Gasteiger partial charge is 0.491 e. The molecular weight excluding hydrogens is 322 g/mol. The first-order valence-corrected chi connectivity index (χ1v) is 8.60. The molecule has 7 nitrogen and oxygen atoms in total. The molecule has 1 aliphatic heterocycles. The number of urea groups is 1. The Balaban J connectivity index is 1.59. The lowest BCUT2D eigenvalue weighted by Gasteiger charge is -2.19. The van der Waals surface area contributed by atoms with Gasteiger partial charge in [-0.3, -0.25) is 14.5 Å². The first kappa shape index (κ1) is 17.3. The Bertz CT molecular complexity index is 678. The summed E-state index contributed by atoms with van der Waals surface area (Å²) in [5.41, 5.74) is -0.198. The van der Waals surface area contributed by atoms with E-state index in [1.807, 2.05) is 13.8 Å². The quantitative estimate of drug-likeness (QED) is 0.802. The van der Waals surface area contributed by atoms with Crippen molar-refractivity contribution in [2.45, 2.75) is 51.2 Å². The fraction of sp³-hybridized carbons (Fsp3) is 0.500. The van der Waals surface area contributed by atoms with Crippen molar-refractivity contribution in [1.29, 1.82) is 0 Å². The minimum Gasteiger partial charge on any atom is -0.491 e. The Hall–Kier alpha value is -2.57. The molecule has 0 unspecified atom stereocenters. The van der Waals surface area contributed by atoms with Gasteiger partial charge in [-0.1, -0.05) is 12.8 Å². The standard InChI is InChI=1S/C18H23N3O4/c1-12(2)25-14-7-5-13(6-8-14)19-15(22)11-21-16(23)18(20-17(21)24)9-3-4-10-18/h5-8,12H,3-4,9-11H2,1-2H3,(H,19,22)(H,20,24). The fourth-order valence-electron chi connectivity index (χ4n) is 3.37. The van der Waals surface area contributed by atoms with Crippen LogP contribution >= 0.6 is 0 Å². The van der Waals surface area contributed by atoms with Crippen LogP contribution in [0.2, 0.25) is 0 Å². The molecule has 2 aliphatic rings. The predicted molar refractivity (Wildman–Crippen MR) is 92.3 cm³/mol. The highest BCUT2D eigenvalue weighted by Gasteiger charge is 2.52. The van der Waals surface area contributed by atoms with Gasteiger partial charge in [0, 0.05) is 5.69 Å². The van der Waals surface area contributed by atoms with E-state index in [4.69, 9.17) is 4.74 Å². The Morgan fingerprint density at radius 2 is 1.88 bits per heavy atom. The number of rotatable bonds is 5. The summed E-state index contributed by atoms with van der Waals surface area (Å²) in [6, 6.07) is 6.48. The van der Waals surface area contributed by atoms with Gasteiger partial charge in [0.05, 0.1) is 6.10 Å². The number of nitrogens with zero attached hydrogens (tertiary/aromatic N) is 1. The van der Waals surface area contributed by atoms with E-state index >= 15 is 0 Å². The normalized spacial score (nSPS) is 18.8. The molecule has 1 saturated heterocycles. The molecule has 1 aromatic rings. The van der Waals surface area contributed by atoms with Crippen LogP contribution < -0.4 is 15.4 Å². The minimum atomic E-state index is -0.785. The van der Waals surface area contributed by atoms with Crippen LogP contribution in [0.3, 0.4) is 0 Å². The van der Waals surface area contributed by atoms with E-state index in [2.05, 4.69) is 10.6 Å². The molecule has 3 rings (SSSR count). The van der Waals surface area contributed by atoms with Gasteiger partial charge in [-0.05, 0) is 51.0 Å². The summed E-state index contributed by atoms with van der Waals surface area (Å²) in [4.78, 5) is 37.8. The SMILES string of the molecule is CC(C)Oc1ccc(NC(=O)CN2C(=O)NC3(CCCC3)C2=O)cc1.